The molecule has 1 aromatic rings. The van der Waals surface area contributed by atoms with Gasteiger partial charge in [0.15, 0.2) is 5.96 Å². The molecule has 1 atom stereocenters. The van der Waals surface area contributed by atoms with Gasteiger partial charge < -0.3 is 19.9 Å². The van der Waals surface area contributed by atoms with Gasteiger partial charge in [0.1, 0.15) is 5.82 Å². The molecule has 0 bridgehead atoms. The Balaban J connectivity index is 0.00000256. The van der Waals surface area contributed by atoms with Crippen LogP contribution in [0.4, 0.5) is 10.1 Å². The minimum Gasteiger partial charge on any atom is -0.381 e. The smallest absolute Gasteiger partial charge is 0.193 e. The molecule has 1 unspecified atom stereocenters. The summed E-state index contributed by atoms with van der Waals surface area (Å²) in [6, 6.07) is 7.08. The van der Waals surface area contributed by atoms with E-state index in [1.807, 2.05) is 19.2 Å². The van der Waals surface area contributed by atoms with Gasteiger partial charge in [0.05, 0.1) is 12.3 Å². The number of ether oxygens (including phenoxy) is 1. The number of piperazine rings is 1. The lowest BCUT2D eigenvalue weighted by atomic mass is 9.87. The van der Waals surface area contributed by atoms with E-state index in [4.69, 9.17) is 4.74 Å². The molecule has 8 heteroatoms. The van der Waals surface area contributed by atoms with Crippen LogP contribution < -0.4 is 10.2 Å². The van der Waals surface area contributed by atoms with Gasteiger partial charge in [-0.1, -0.05) is 12.1 Å². The SMILES string of the molecule is CN=C(NCCCN1CCN(c2ccccc2F)CC1)N1CCC2(CCOC2)C1.I. The third-order valence-corrected chi connectivity index (χ3v) is 6.63. The molecule has 1 spiro atoms. The van der Waals surface area contributed by atoms with E-state index in [0.29, 0.717) is 5.41 Å². The van der Waals surface area contributed by atoms with E-state index < -0.39 is 0 Å². The molecule has 1 N–H and O–H groups in total. The Morgan fingerprint density at radius 1 is 1.17 bits per heavy atom. The van der Waals surface area contributed by atoms with E-state index in [2.05, 4.69) is 25.0 Å². The van der Waals surface area contributed by atoms with Crippen LogP contribution in [0.15, 0.2) is 29.3 Å². The highest BCUT2D eigenvalue weighted by Gasteiger charge is 2.42. The lowest BCUT2D eigenvalue weighted by Gasteiger charge is -2.36. The van der Waals surface area contributed by atoms with Crippen molar-refractivity contribution in [3.05, 3.63) is 30.1 Å². The molecule has 1 aromatic carbocycles. The number of para-hydroxylation sites is 1. The fourth-order valence-corrected chi connectivity index (χ4v) is 4.84. The van der Waals surface area contributed by atoms with Gasteiger partial charge >= 0.3 is 0 Å². The van der Waals surface area contributed by atoms with Crippen molar-refractivity contribution in [2.75, 3.05) is 77.5 Å². The zero-order chi connectivity index (χ0) is 20.1. The summed E-state index contributed by atoms with van der Waals surface area (Å²) in [4.78, 5) is 11.5. The second-order valence-electron chi connectivity index (χ2n) is 8.58. The number of aliphatic imine (C=N–C) groups is 1. The third-order valence-electron chi connectivity index (χ3n) is 6.63. The second-order valence-corrected chi connectivity index (χ2v) is 8.58. The molecular weight excluding hydrogens is 496 g/mol. The fourth-order valence-electron chi connectivity index (χ4n) is 4.84. The highest BCUT2D eigenvalue weighted by atomic mass is 127. The molecule has 30 heavy (non-hydrogen) atoms. The Morgan fingerprint density at radius 3 is 2.67 bits per heavy atom. The maximum absolute atomic E-state index is 14.0. The van der Waals surface area contributed by atoms with Gasteiger partial charge in [0.25, 0.3) is 0 Å². The summed E-state index contributed by atoms with van der Waals surface area (Å²) < 4.78 is 19.6. The number of nitrogens with zero attached hydrogens (tertiary/aromatic N) is 4. The molecule has 3 aliphatic rings. The summed E-state index contributed by atoms with van der Waals surface area (Å²) in [5.74, 6) is 0.905. The van der Waals surface area contributed by atoms with Gasteiger partial charge in [0.2, 0.25) is 0 Å². The Labute approximate surface area is 196 Å². The molecule has 0 amide bonds. The summed E-state index contributed by atoms with van der Waals surface area (Å²) in [6.07, 6.45) is 3.47. The normalized spacial score (nSPS) is 25.1. The van der Waals surface area contributed by atoms with Crippen LogP contribution in [0.3, 0.4) is 0 Å². The summed E-state index contributed by atoms with van der Waals surface area (Å²) in [5.41, 5.74) is 1.09. The average Bonchev–Trinajstić information content (AvgIpc) is 3.39. The predicted molar refractivity (Wildman–Crippen MR) is 131 cm³/mol. The van der Waals surface area contributed by atoms with E-state index >= 15 is 0 Å². The van der Waals surface area contributed by atoms with Gasteiger partial charge in [-0.2, -0.15) is 0 Å². The number of guanidine groups is 1. The standard InChI is InChI=1S/C22H34FN5O.HI/c1-24-21(28-11-7-22(17-28)8-16-29-18-22)25-9-4-10-26-12-14-27(15-13-26)20-6-3-2-5-19(20)23;/h2-3,5-6H,4,7-18H2,1H3,(H,24,25);1H. The molecule has 3 heterocycles. The van der Waals surface area contributed by atoms with Crippen molar-refractivity contribution in [3.63, 3.8) is 0 Å². The van der Waals surface area contributed by atoms with Gasteiger partial charge in [-0.15, -0.1) is 24.0 Å². The predicted octanol–water partition coefficient (Wildman–Crippen LogP) is 2.64. The van der Waals surface area contributed by atoms with Crippen LogP contribution in [0.5, 0.6) is 0 Å². The quantitative estimate of drug-likeness (QED) is 0.274. The van der Waals surface area contributed by atoms with Crippen LogP contribution in [0.1, 0.15) is 19.3 Å². The highest BCUT2D eigenvalue weighted by molar-refractivity contribution is 14.0. The largest absolute Gasteiger partial charge is 0.381 e. The lowest BCUT2D eigenvalue weighted by molar-refractivity contribution is 0.156. The van der Waals surface area contributed by atoms with Crippen molar-refractivity contribution in [1.29, 1.82) is 0 Å². The van der Waals surface area contributed by atoms with Crippen molar-refractivity contribution in [1.82, 2.24) is 15.1 Å². The summed E-state index contributed by atoms with van der Waals surface area (Å²) in [6.45, 7) is 9.67. The van der Waals surface area contributed by atoms with Crippen molar-refractivity contribution >= 4 is 35.6 Å². The van der Waals surface area contributed by atoms with E-state index in [1.165, 1.54) is 12.8 Å². The van der Waals surface area contributed by atoms with Crippen molar-refractivity contribution in [3.8, 4) is 0 Å². The monoisotopic (exact) mass is 531 g/mol. The first-order valence-electron chi connectivity index (χ1n) is 10.9. The maximum Gasteiger partial charge on any atom is 0.193 e. The summed E-state index contributed by atoms with van der Waals surface area (Å²) in [7, 11) is 1.88. The fraction of sp³-hybridized carbons (Fsp3) is 0.682. The van der Waals surface area contributed by atoms with Crippen LogP contribution in [-0.4, -0.2) is 88.4 Å². The first-order valence-corrected chi connectivity index (χ1v) is 10.9. The van der Waals surface area contributed by atoms with Crippen LogP contribution in [0.2, 0.25) is 0 Å². The molecule has 0 aliphatic carbocycles. The van der Waals surface area contributed by atoms with Gasteiger partial charge in [-0.05, 0) is 37.9 Å². The Hall–Kier alpha value is -1.13. The molecule has 0 radical (unpaired) electrons. The molecule has 0 saturated carbocycles. The first-order chi connectivity index (χ1) is 14.2. The van der Waals surface area contributed by atoms with Crippen LogP contribution in [-0.2, 0) is 4.74 Å². The Kier molecular flexibility index (Phi) is 8.59. The van der Waals surface area contributed by atoms with Crippen molar-refractivity contribution in [2.45, 2.75) is 19.3 Å². The molecule has 0 aromatic heterocycles. The van der Waals surface area contributed by atoms with Crippen molar-refractivity contribution in [2.24, 2.45) is 10.4 Å². The first kappa shape index (κ1) is 23.5. The van der Waals surface area contributed by atoms with E-state index in [9.17, 15) is 4.39 Å². The Bertz CT molecular complexity index is 705. The number of hydrogen-bond donors (Lipinski definition) is 1. The molecule has 3 aliphatic heterocycles. The van der Waals surface area contributed by atoms with Crippen molar-refractivity contribution < 1.29 is 9.13 Å². The molecule has 3 fully saturated rings. The van der Waals surface area contributed by atoms with Gasteiger partial charge in [0, 0.05) is 64.9 Å². The number of benzene rings is 1. The second kappa shape index (κ2) is 10.9. The number of hydrogen-bond acceptors (Lipinski definition) is 4. The molecule has 4 rings (SSSR count). The van der Waals surface area contributed by atoms with Gasteiger partial charge in [-0.25, -0.2) is 4.39 Å². The highest BCUT2D eigenvalue weighted by Crippen LogP contribution is 2.38. The number of likely N-dealkylation sites (tertiary alicyclic amines) is 1. The molecule has 6 nitrogen and oxygen atoms in total. The van der Waals surface area contributed by atoms with E-state index in [-0.39, 0.29) is 29.8 Å². The number of anilines is 1. The number of halogens is 2. The third kappa shape index (κ3) is 5.56. The summed E-state index contributed by atoms with van der Waals surface area (Å²) in [5, 5.41) is 3.55. The minimum absolute atomic E-state index is 0. The van der Waals surface area contributed by atoms with E-state index in [0.717, 1.165) is 83.6 Å². The lowest BCUT2D eigenvalue weighted by Crippen LogP contribution is -2.47. The Morgan fingerprint density at radius 2 is 1.97 bits per heavy atom. The molecule has 3 saturated heterocycles. The molecular formula is C22H35FIN5O. The van der Waals surface area contributed by atoms with Crippen LogP contribution in [0, 0.1) is 11.2 Å². The van der Waals surface area contributed by atoms with Crippen LogP contribution >= 0.6 is 24.0 Å². The average molecular weight is 531 g/mol. The molecule has 168 valence electrons. The van der Waals surface area contributed by atoms with E-state index in [1.54, 1.807) is 12.1 Å². The number of rotatable bonds is 5. The maximum atomic E-state index is 14.0. The minimum atomic E-state index is -0.121. The zero-order valence-corrected chi connectivity index (χ0v) is 20.3. The van der Waals surface area contributed by atoms with Crippen LogP contribution in [0.25, 0.3) is 0 Å². The summed E-state index contributed by atoms with van der Waals surface area (Å²) >= 11 is 0. The van der Waals surface area contributed by atoms with Gasteiger partial charge in [-0.3, -0.25) is 9.89 Å². The number of nitrogens with one attached hydrogen (secondary N) is 1. The topological polar surface area (TPSA) is 43.3 Å². The zero-order valence-electron chi connectivity index (χ0n) is 18.0.